The number of aliphatic carboxylic acids is 1. The Hall–Kier alpha value is -3.23. The van der Waals surface area contributed by atoms with E-state index < -0.39 is 22.8 Å². The molecule has 0 saturated carbocycles. The van der Waals surface area contributed by atoms with Crippen molar-refractivity contribution in [1.29, 1.82) is 0 Å². The van der Waals surface area contributed by atoms with Gasteiger partial charge < -0.3 is 9.84 Å². The maximum Gasteiger partial charge on any atom is 0.355 e. The molecule has 0 amide bonds. The third-order valence-electron chi connectivity index (χ3n) is 3.47. The van der Waals surface area contributed by atoms with E-state index in [-0.39, 0.29) is 34.8 Å². The highest BCUT2D eigenvalue weighted by Gasteiger charge is 2.39. The fourth-order valence-corrected chi connectivity index (χ4v) is 2.48. The van der Waals surface area contributed by atoms with Gasteiger partial charge in [-0.15, -0.1) is 0 Å². The van der Waals surface area contributed by atoms with Gasteiger partial charge in [-0.2, -0.15) is 5.10 Å². The van der Waals surface area contributed by atoms with Gasteiger partial charge in [0.05, 0.1) is 23.0 Å². The lowest BCUT2D eigenvalue weighted by Crippen LogP contribution is -2.35. The number of esters is 1. The lowest BCUT2D eigenvalue weighted by Gasteiger charge is -2.25. The summed E-state index contributed by atoms with van der Waals surface area (Å²) in [5.41, 5.74) is 1.99. The van der Waals surface area contributed by atoms with Crippen molar-refractivity contribution in [2.24, 2.45) is 5.10 Å². The fourth-order valence-electron chi connectivity index (χ4n) is 2.48. The van der Waals surface area contributed by atoms with Crippen molar-refractivity contribution in [1.82, 2.24) is 5.43 Å². The molecule has 1 aliphatic rings. The highest BCUT2D eigenvalue weighted by atomic mass is 16.6. The number of rotatable bonds is 5. The molecule has 0 saturated heterocycles. The second-order valence-electron chi connectivity index (χ2n) is 4.92. The summed E-state index contributed by atoms with van der Waals surface area (Å²) in [5, 5.41) is 24.7. The standard InChI is InChI=1S/C15H15N3O6/c1-3-24-15(21)13-12(11(14(19)20)8(2)16-17-13)9-6-4-5-7-10(9)18(22)23/h4-7,12,16H,3H2,1-2H3,(H,19,20). The second kappa shape index (κ2) is 6.90. The number of benzene rings is 1. The zero-order valence-corrected chi connectivity index (χ0v) is 13.0. The van der Waals surface area contributed by atoms with E-state index in [2.05, 4.69) is 10.5 Å². The molecule has 1 atom stereocenters. The fraction of sp³-hybridized carbons (Fsp3) is 0.267. The summed E-state index contributed by atoms with van der Waals surface area (Å²) >= 11 is 0. The predicted octanol–water partition coefficient (Wildman–Crippen LogP) is 1.56. The van der Waals surface area contributed by atoms with Crippen LogP contribution in [-0.4, -0.2) is 34.3 Å². The molecule has 0 aliphatic carbocycles. The van der Waals surface area contributed by atoms with E-state index in [1.165, 1.54) is 31.2 Å². The molecular formula is C15H15N3O6. The zero-order chi connectivity index (χ0) is 17.9. The molecule has 126 valence electrons. The summed E-state index contributed by atoms with van der Waals surface area (Å²) < 4.78 is 4.90. The molecule has 0 fully saturated rings. The summed E-state index contributed by atoms with van der Waals surface area (Å²) in [6, 6.07) is 5.64. The van der Waals surface area contributed by atoms with Crippen LogP contribution in [0.1, 0.15) is 25.3 Å². The van der Waals surface area contributed by atoms with Crippen molar-refractivity contribution < 1.29 is 24.4 Å². The highest BCUT2D eigenvalue weighted by molar-refractivity contribution is 6.40. The lowest BCUT2D eigenvalue weighted by molar-refractivity contribution is -0.385. The molecule has 1 aromatic carbocycles. The van der Waals surface area contributed by atoms with E-state index >= 15 is 0 Å². The normalized spacial score (nSPS) is 16.9. The van der Waals surface area contributed by atoms with Gasteiger partial charge in [-0.25, -0.2) is 9.59 Å². The molecule has 24 heavy (non-hydrogen) atoms. The number of allylic oxidation sites excluding steroid dienone is 1. The summed E-state index contributed by atoms with van der Waals surface area (Å²) in [5.74, 6) is -3.34. The molecule has 1 aliphatic heterocycles. The Balaban J connectivity index is 2.68. The SMILES string of the molecule is CCOC(=O)C1=NNC(C)=C(C(=O)O)C1c1ccccc1[N+](=O)[O-]. The van der Waals surface area contributed by atoms with E-state index in [1.54, 1.807) is 6.92 Å². The van der Waals surface area contributed by atoms with Crippen molar-refractivity contribution in [3.05, 3.63) is 51.2 Å². The van der Waals surface area contributed by atoms with Crippen LogP contribution in [0.3, 0.4) is 0 Å². The number of nitrogens with zero attached hydrogens (tertiary/aromatic N) is 2. The number of carboxylic acid groups (broad SMARTS) is 1. The molecule has 0 bridgehead atoms. The first kappa shape index (κ1) is 17.1. The minimum atomic E-state index is -1.31. The van der Waals surface area contributed by atoms with Crippen LogP contribution < -0.4 is 5.43 Å². The molecule has 1 aromatic rings. The minimum absolute atomic E-state index is 0.0621. The molecule has 1 heterocycles. The van der Waals surface area contributed by atoms with Crippen LogP contribution >= 0.6 is 0 Å². The number of nitro benzene ring substituents is 1. The van der Waals surface area contributed by atoms with E-state index in [4.69, 9.17) is 4.74 Å². The molecule has 9 nitrogen and oxygen atoms in total. The Kier molecular flexibility index (Phi) is 4.93. The van der Waals surface area contributed by atoms with Crippen LogP contribution in [0.2, 0.25) is 0 Å². The molecule has 2 N–H and O–H groups in total. The average molecular weight is 333 g/mol. The summed E-state index contributed by atoms with van der Waals surface area (Å²) in [6.45, 7) is 3.12. The number of hydrogen-bond donors (Lipinski definition) is 2. The largest absolute Gasteiger partial charge is 0.478 e. The summed E-state index contributed by atoms with van der Waals surface area (Å²) in [6.07, 6.45) is 0. The summed E-state index contributed by atoms with van der Waals surface area (Å²) in [4.78, 5) is 34.5. The van der Waals surface area contributed by atoms with Crippen molar-refractivity contribution in [2.45, 2.75) is 19.8 Å². The number of carbonyl (C=O) groups is 2. The van der Waals surface area contributed by atoms with Crippen LogP contribution in [0.4, 0.5) is 5.69 Å². The maximum absolute atomic E-state index is 12.2. The number of carboxylic acids is 1. The Labute approximate surface area is 136 Å². The van der Waals surface area contributed by atoms with Gasteiger partial charge in [0.2, 0.25) is 0 Å². The summed E-state index contributed by atoms with van der Waals surface area (Å²) in [7, 11) is 0. The zero-order valence-electron chi connectivity index (χ0n) is 13.0. The monoisotopic (exact) mass is 333 g/mol. The van der Waals surface area contributed by atoms with Crippen LogP contribution in [0.5, 0.6) is 0 Å². The molecule has 0 radical (unpaired) electrons. The third kappa shape index (κ3) is 3.09. The predicted molar refractivity (Wildman–Crippen MR) is 83.4 cm³/mol. The molecular weight excluding hydrogens is 318 g/mol. The van der Waals surface area contributed by atoms with Gasteiger partial charge in [0.25, 0.3) is 5.69 Å². The van der Waals surface area contributed by atoms with E-state index in [1.807, 2.05) is 0 Å². The van der Waals surface area contributed by atoms with Gasteiger partial charge in [-0.3, -0.25) is 15.5 Å². The molecule has 2 rings (SSSR count). The molecule has 1 unspecified atom stereocenters. The minimum Gasteiger partial charge on any atom is -0.478 e. The average Bonchev–Trinajstić information content (AvgIpc) is 2.54. The first-order chi connectivity index (χ1) is 11.4. The number of para-hydroxylation sites is 1. The van der Waals surface area contributed by atoms with Gasteiger partial charge in [0.15, 0.2) is 5.71 Å². The number of hydrogen-bond acceptors (Lipinski definition) is 7. The van der Waals surface area contributed by atoms with Gasteiger partial charge in [-0.1, -0.05) is 18.2 Å². The first-order valence-corrected chi connectivity index (χ1v) is 7.06. The second-order valence-corrected chi connectivity index (χ2v) is 4.92. The molecule has 0 spiro atoms. The van der Waals surface area contributed by atoms with E-state index in [0.717, 1.165) is 0 Å². The Morgan fingerprint density at radius 3 is 2.67 bits per heavy atom. The number of ether oxygens (including phenoxy) is 1. The Morgan fingerprint density at radius 2 is 2.08 bits per heavy atom. The van der Waals surface area contributed by atoms with Crippen molar-refractivity contribution in [3.8, 4) is 0 Å². The third-order valence-corrected chi connectivity index (χ3v) is 3.47. The number of nitro groups is 1. The van der Waals surface area contributed by atoms with E-state index in [9.17, 15) is 24.8 Å². The number of hydrazone groups is 1. The highest BCUT2D eigenvalue weighted by Crippen LogP contribution is 2.36. The van der Waals surface area contributed by atoms with Crippen LogP contribution in [-0.2, 0) is 14.3 Å². The van der Waals surface area contributed by atoms with E-state index in [0.29, 0.717) is 0 Å². The van der Waals surface area contributed by atoms with Crippen molar-refractivity contribution in [3.63, 3.8) is 0 Å². The molecule has 0 aromatic heterocycles. The van der Waals surface area contributed by atoms with Crippen LogP contribution in [0, 0.1) is 10.1 Å². The van der Waals surface area contributed by atoms with Gasteiger partial charge in [-0.05, 0) is 13.8 Å². The maximum atomic E-state index is 12.2. The first-order valence-electron chi connectivity index (χ1n) is 7.06. The van der Waals surface area contributed by atoms with Crippen molar-refractivity contribution in [2.75, 3.05) is 6.61 Å². The molecule has 9 heteroatoms. The smallest absolute Gasteiger partial charge is 0.355 e. The van der Waals surface area contributed by atoms with Crippen LogP contribution in [0.25, 0.3) is 0 Å². The van der Waals surface area contributed by atoms with Gasteiger partial charge in [0.1, 0.15) is 0 Å². The Bertz CT molecular complexity index is 768. The van der Waals surface area contributed by atoms with Crippen LogP contribution in [0.15, 0.2) is 40.6 Å². The lowest BCUT2D eigenvalue weighted by atomic mass is 9.84. The van der Waals surface area contributed by atoms with Gasteiger partial charge in [0, 0.05) is 17.3 Å². The van der Waals surface area contributed by atoms with Gasteiger partial charge >= 0.3 is 11.9 Å². The number of carbonyl (C=O) groups excluding carboxylic acids is 1. The Morgan fingerprint density at radius 1 is 1.42 bits per heavy atom. The topological polar surface area (TPSA) is 131 Å². The van der Waals surface area contributed by atoms with Crippen molar-refractivity contribution >= 4 is 23.3 Å². The quantitative estimate of drug-likeness (QED) is 0.475. The number of nitrogens with one attached hydrogen (secondary N) is 1.